The number of fused-ring (bicyclic) bond motifs is 1. The van der Waals surface area contributed by atoms with E-state index in [-0.39, 0.29) is 0 Å². The van der Waals surface area contributed by atoms with Crippen molar-refractivity contribution in [3.8, 4) is 0 Å². The number of nitrogen functional groups attached to an aromatic ring is 1. The van der Waals surface area contributed by atoms with E-state index in [1.807, 2.05) is 11.7 Å². The van der Waals surface area contributed by atoms with Gasteiger partial charge < -0.3 is 10.6 Å². The van der Waals surface area contributed by atoms with Gasteiger partial charge in [0.15, 0.2) is 5.82 Å². The molecule has 1 aliphatic rings. The summed E-state index contributed by atoms with van der Waals surface area (Å²) in [6.07, 6.45) is 0.932. The van der Waals surface area contributed by atoms with Crippen LogP contribution in [0, 0.1) is 5.92 Å². The largest absolute Gasteiger partial charge is 0.382 e. The highest BCUT2D eigenvalue weighted by atomic mass is 32.1. The maximum atomic E-state index is 5.91. The molecule has 0 saturated carbocycles. The molecular weight excluding hydrogens is 260 g/mol. The third-order valence-corrected chi connectivity index (χ3v) is 4.13. The molecule has 3 rings (SSSR count). The number of aryl methyl sites for hydroxylation is 1. The molecule has 0 aromatic carbocycles. The van der Waals surface area contributed by atoms with Gasteiger partial charge in [0.2, 0.25) is 5.13 Å². The highest BCUT2D eigenvalue weighted by molar-refractivity contribution is 7.09. The van der Waals surface area contributed by atoms with Gasteiger partial charge in [-0.05, 0) is 5.92 Å². The van der Waals surface area contributed by atoms with Crippen LogP contribution in [-0.4, -0.2) is 19.1 Å². The number of aromatic nitrogens is 4. The summed E-state index contributed by atoms with van der Waals surface area (Å²) in [7, 11) is 1.93. The Bertz CT molecular complexity index is 573. The van der Waals surface area contributed by atoms with Crippen molar-refractivity contribution in [3.63, 3.8) is 0 Å². The second kappa shape index (κ2) is 4.48. The van der Waals surface area contributed by atoms with Gasteiger partial charge in [0, 0.05) is 30.6 Å². The summed E-state index contributed by atoms with van der Waals surface area (Å²) in [5, 5.41) is 5.22. The van der Waals surface area contributed by atoms with E-state index in [0.29, 0.717) is 11.7 Å². The highest BCUT2D eigenvalue weighted by Crippen LogP contribution is 2.32. The Balaban J connectivity index is 1.79. The lowest BCUT2D eigenvalue weighted by molar-refractivity contribution is 0.626. The average Bonchev–Trinajstić information content (AvgIpc) is 2.97. The summed E-state index contributed by atoms with van der Waals surface area (Å²) < 4.78 is 6.29. The minimum atomic E-state index is 0.582. The third kappa shape index (κ3) is 2.18. The lowest BCUT2D eigenvalue weighted by Gasteiger charge is -2.13. The smallest absolute Gasteiger partial charge is 0.205 e. The zero-order valence-corrected chi connectivity index (χ0v) is 12.2. The number of hydrogen-bond donors (Lipinski definition) is 1. The predicted octanol–water partition coefficient (Wildman–Crippen LogP) is 1.57. The van der Waals surface area contributed by atoms with Gasteiger partial charge in [-0.2, -0.15) is 9.47 Å². The van der Waals surface area contributed by atoms with Crippen LogP contribution < -0.4 is 10.6 Å². The van der Waals surface area contributed by atoms with E-state index in [2.05, 4.69) is 33.2 Å². The minimum Gasteiger partial charge on any atom is -0.382 e. The molecule has 1 aliphatic heterocycles. The fourth-order valence-corrected chi connectivity index (χ4v) is 3.07. The lowest BCUT2D eigenvalue weighted by Crippen LogP contribution is -2.16. The maximum Gasteiger partial charge on any atom is 0.205 e. The Morgan fingerprint density at radius 3 is 2.84 bits per heavy atom. The molecule has 0 saturated heterocycles. The average molecular weight is 278 g/mol. The van der Waals surface area contributed by atoms with E-state index in [9.17, 15) is 0 Å². The van der Waals surface area contributed by atoms with Crippen LogP contribution in [0.5, 0.6) is 0 Å². The van der Waals surface area contributed by atoms with Gasteiger partial charge in [-0.15, -0.1) is 0 Å². The van der Waals surface area contributed by atoms with Crippen molar-refractivity contribution in [2.24, 2.45) is 13.0 Å². The van der Waals surface area contributed by atoms with Gasteiger partial charge in [0.1, 0.15) is 5.82 Å². The highest BCUT2D eigenvalue weighted by Gasteiger charge is 2.27. The minimum absolute atomic E-state index is 0.582. The standard InChI is InChI=1S/C12H18N6S/c1-7(2)4-10-14-12(19-16-10)18-5-8-9(6-18)17(3)15-11(8)13/h7H,4-6H2,1-3H3,(H2,13,15). The van der Waals surface area contributed by atoms with Gasteiger partial charge in [-0.25, -0.2) is 4.98 Å². The summed E-state index contributed by atoms with van der Waals surface area (Å²) in [6.45, 7) is 5.95. The number of nitrogens with two attached hydrogens (primary N) is 1. The van der Waals surface area contributed by atoms with Crippen molar-refractivity contribution in [2.75, 3.05) is 10.6 Å². The molecule has 2 aromatic heterocycles. The van der Waals surface area contributed by atoms with Crippen LogP contribution in [0.3, 0.4) is 0 Å². The van der Waals surface area contributed by atoms with E-state index >= 15 is 0 Å². The molecular formula is C12H18N6S. The van der Waals surface area contributed by atoms with Crippen molar-refractivity contribution in [1.29, 1.82) is 0 Å². The molecule has 7 heteroatoms. The number of anilines is 2. The van der Waals surface area contributed by atoms with Crippen molar-refractivity contribution < 1.29 is 0 Å². The van der Waals surface area contributed by atoms with Gasteiger partial charge in [0.25, 0.3) is 0 Å². The van der Waals surface area contributed by atoms with Gasteiger partial charge in [-0.1, -0.05) is 13.8 Å². The Morgan fingerprint density at radius 2 is 2.16 bits per heavy atom. The van der Waals surface area contributed by atoms with Crippen LogP contribution >= 0.6 is 11.5 Å². The van der Waals surface area contributed by atoms with Gasteiger partial charge in [-0.3, -0.25) is 4.68 Å². The zero-order chi connectivity index (χ0) is 13.6. The first-order valence-electron chi connectivity index (χ1n) is 6.42. The summed E-state index contributed by atoms with van der Waals surface area (Å²) in [5.74, 6) is 2.15. The van der Waals surface area contributed by atoms with Gasteiger partial charge in [0.05, 0.1) is 18.8 Å². The van der Waals surface area contributed by atoms with Crippen molar-refractivity contribution >= 4 is 22.5 Å². The molecule has 19 heavy (non-hydrogen) atoms. The molecule has 0 amide bonds. The predicted molar refractivity (Wildman–Crippen MR) is 76.0 cm³/mol. The molecule has 0 spiro atoms. The molecule has 2 N–H and O–H groups in total. The summed E-state index contributed by atoms with van der Waals surface area (Å²) in [5.41, 5.74) is 8.22. The van der Waals surface area contributed by atoms with Crippen LogP contribution in [0.2, 0.25) is 0 Å². The summed E-state index contributed by atoms with van der Waals surface area (Å²) in [4.78, 5) is 6.83. The van der Waals surface area contributed by atoms with Crippen LogP contribution in [-0.2, 0) is 26.6 Å². The molecule has 0 fully saturated rings. The van der Waals surface area contributed by atoms with Crippen LogP contribution in [0.4, 0.5) is 10.9 Å². The zero-order valence-electron chi connectivity index (χ0n) is 11.4. The second-order valence-electron chi connectivity index (χ2n) is 5.38. The van der Waals surface area contributed by atoms with Gasteiger partial charge >= 0.3 is 0 Å². The first-order valence-corrected chi connectivity index (χ1v) is 7.19. The Hall–Kier alpha value is -1.63. The Labute approximate surface area is 116 Å². The molecule has 0 atom stereocenters. The topological polar surface area (TPSA) is 72.9 Å². The monoisotopic (exact) mass is 278 g/mol. The van der Waals surface area contributed by atoms with E-state index in [0.717, 1.165) is 36.0 Å². The van der Waals surface area contributed by atoms with Crippen molar-refractivity contribution in [2.45, 2.75) is 33.4 Å². The normalized spacial score (nSPS) is 14.4. The fourth-order valence-electron chi connectivity index (χ4n) is 2.38. The second-order valence-corrected chi connectivity index (χ2v) is 6.11. The summed E-state index contributed by atoms with van der Waals surface area (Å²) in [6, 6.07) is 0. The molecule has 0 aliphatic carbocycles. The maximum absolute atomic E-state index is 5.91. The first-order chi connectivity index (χ1) is 9.04. The molecule has 2 aromatic rings. The lowest BCUT2D eigenvalue weighted by atomic mass is 10.1. The van der Waals surface area contributed by atoms with Crippen LogP contribution in [0.1, 0.15) is 30.9 Å². The molecule has 0 radical (unpaired) electrons. The van der Waals surface area contributed by atoms with E-state index < -0.39 is 0 Å². The first kappa shape index (κ1) is 12.4. The number of rotatable bonds is 3. The quantitative estimate of drug-likeness (QED) is 0.922. The van der Waals surface area contributed by atoms with E-state index in [1.54, 1.807) is 0 Å². The SMILES string of the molecule is CC(C)Cc1nsc(N2Cc3c(N)nn(C)c3C2)n1. The fraction of sp³-hybridized carbons (Fsp3) is 0.583. The van der Waals surface area contributed by atoms with E-state index in [1.165, 1.54) is 17.2 Å². The number of nitrogens with zero attached hydrogens (tertiary/aromatic N) is 5. The molecule has 102 valence electrons. The van der Waals surface area contributed by atoms with Crippen LogP contribution in [0.25, 0.3) is 0 Å². The van der Waals surface area contributed by atoms with Crippen molar-refractivity contribution in [3.05, 3.63) is 17.1 Å². The van der Waals surface area contributed by atoms with Crippen molar-refractivity contribution in [1.82, 2.24) is 19.1 Å². The Morgan fingerprint density at radius 1 is 1.37 bits per heavy atom. The molecule has 3 heterocycles. The molecule has 0 bridgehead atoms. The Kier molecular flexibility index (Phi) is 2.93. The molecule has 6 nitrogen and oxygen atoms in total. The van der Waals surface area contributed by atoms with Crippen LogP contribution in [0.15, 0.2) is 0 Å². The van der Waals surface area contributed by atoms with E-state index in [4.69, 9.17) is 5.73 Å². The third-order valence-electron chi connectivity index (χ3n) is 3.31. The molecule has 0 unspecified atom stereocenters. The number of hydrogen-bond acceptors (Lipinski definition) is 6. The summed E-state index contributed by atoms with van der Waals surface area (Å²) >= 11 is 1.47.